The molecule has 5 nitrogen and oxygen atoms in total. The minimum atomic E-state index is -1.32. The lowest BCUT2D eigenvalue weighted by atomic mass is 10.1. The second kappa shape index (κ2) is 8.99. The second-order valence-corrected chi connectivity index (χ2v) is 6.82. The Morgan fingerprint density at radius 3 is 2.75 bits per heavy atom. The van der Waals surface area contributed by atoms with Gasteiger partial charge in [0.2, 0.25) is 0 Å². The predicted molar refractivity (Wildman–Crippen MR) is 101 cm³/mol. The molecule has 0 saturated heterocycles. The molecule has 146 valence electrons. The van der Waals surface area contributed by atoms with Crippen LogP contribution in [0.4, 0.5) is 8.78 Å². The monoisotopic (exact) mass is 451 g/mol. The van der Waals surface area contributed by atoms with Crippen LogP contribution >= 0.6 is 15.9 Å². The van der Waals surface area contributed by atoms with Gasteiger partial charge >= 0.3 is 0 Å². The quantitative estimate of drug-likeness (QED) is 0.559. The highest BCUT2D eigenvalue weighted by Crippen LogP contribution is 2.20. The van der Waals surface area contributed by atoms with Crippen LogP contribution in [0.25, 0.3) is 0 Å². The van der Waals surface area contributed by atoms with Crippen LogP contribution in [-0.2, 0) is 6.61 Å². The standard InChI is InChI=1S/C20H16BrF2NO4/c21-12-2-1-3-14(8-12)27-11-15-5-7-19(28-15)20(26)24-10-18(25)16-6-4-13(22)9-17(16)23/h1-9,18,25H,10-11H2,(H,24,26). The summed E-state index contributed by atoms with van der Waals surface area (Å²) in [5.74, 6) is -1.09. The summed E-state index contributed by atoms with van der Waals surface area (Å²) in [5, 5.41) is 12.4. The molecule has 1 heterocycles. The maximum absolute atomic E-state index is 13.7. The molecule has 3 rings (SSSR count). The molecule has 1 unspecified atom stereocenters. The predicted octanol–water partition coefficient (Wildman–Crippen LogP) is 4.36. The number of furan rings is 1. The summed E-state index contributed by atoms with van der Waals surface area (Å²) in [6.07, 6.45) is -1.32. The summed E-state index contributed by atoms with van der Waals surface area (Å²) >= 11 is 3.35. The molecule has 0 aliphatic carbocycles. The van der Waals surface area contributed by atoms with Crippen molar-refractivity contribution in [1.29, 1.82) is 0 Å². The highest BCUT2D eigenvalue weighted by molar-refractivity contribution is 9.10. The Bertz CT molecular complexity index is 976. The highest BCUT2D eigenvalue weighted by Gasteiger charge is 2.17. The van der Waals surface area contributed by atoms with Crippen molar-refractivity contribution in [3.05, 3.63) is 87.8 Å². The van der Waals surface area contributed by atoms with Crippen molar-refractivity contribution in [2.24, 2.45) is 0 Å². The van der Waals surface area contributed by atoms with E-state index in [-0.39, 0.29) is 24.5 Å². The van der Waals surface area contributed by atoms with E-state index in [0.29, 0.717) is 17.6 Å². The number of benzene rings is 2. The Morgan fingerprint density at radius 1 is 1.18 bits per heavy atom. The number of hydrogen-bond acceptors (Lipinski definition) is 4. The van der Waals surface area contributed by atoms with Crippen molar-refractivity contribution >= 4 is 21.8 Å². The molecule has 0 aliphatic heterocycles. The van der Waals surface area contributed by atoms with E-state index in [2.05, 4.69) is 21.2 Å². The summed E-state index contributed by atoms with van der Waals surface area (Å²) in [6, 6.07) is 13.2. The van der Waals surface area contributed by atoms with Gasteiger partial charge in [0.05, 0.1) is 6.10 Å². The molecule has 2 N–H and O–H groups in total. The lowest BCUT2D eigenvalue weighted by Crippen LogP contribution is -2.28. The van der Waals surface area contributed by atoms with Crippen LogP contribution < -0.4 is 10.1 Å². The SMILES string of the molecule is O=C(NCC(O)c1ccc(F)cc1F)c1ccc(COc2cccc(Br)c2)o1. The maximum Gasteiger partial charge on any atom is 0.287 e. The molecule has 0 spiro atoms. The Morgan fingerprint density at radius 2 is 2.00 bits per heavy atom. The van der Waals surface area contributed by atoms with Crippen LogP contribution in [0, 0.1) is 11.6 Å². The Hall–Kier alpha value is -2.71. The molecule has 0 bridgehead atoms. The molecule has 8 heteroatoms. The molecule has 1 amide bonds. The van der Waals surface area contributed by atoms with Crippen LogP contribution in [0.2, 0.25) is 0 Å². The number of amides is 1. The van der Waals surface area contributed by atoms with Crippen LogP contribution in [0.5, 0.6) is 5.75 Å². The molecule has 1 aromatic heterocycles. The van der Waals surface area contributed by atoms with Crippen LogP contribution in [-0.4, -0.2) is 17.6 Å². The van der Waals surface area contributed by atoms with Crippen LogP contribution in [0.1, 0.15) is 28.0 Å². The van der Waals surface area contributed by atoms with E-state index < -0.39 is 23.6 Å². The number of carbonyl (C=O) groups excluding carboxylic acids is 1. The molecule has 1 atom stereocenters. The smallest absolute Gasteiger partial charge is 0.287 e. The number of aliphatic hydroxyl groups is 1. The molecule has 0 radical (unpaired) electrons. The first-order chi connectivity index (χ1) is 13.4. The van der Waals surface area contributed by atoms with Crippen molar-refractivity contribution in [3.63, 3.8) is 0 Å². The number of halogens is 3. The molecule has 28 heavy (non-hydrogen) atoms. The zero-order valence-electron chi connectivity index (χ0n) is 14.5. The van der Waals surface area contributed by atoms with Gasteiger partial charge in [-0.2, -0.15) is 0 Å². The van der Waals surface area contributed by atoms with E-state index in [1.54, 1.807) is 18.2 Å². The summed E-state index contributed by atoms with van der Waals surface area (Å²) in [5.41, 5.74) is -0.107. The van der Waals surface area contributed by atoms with E-state index in [1.165, 1.54) is 6.07 Å². The minimum Gasteiger partial charge on any atom is -0.486 e. The van der Waals surface area contributed by atoms with Gasteiger partial charge in [0.15, 0.2) is 5.76 Å². The average molecular weight is 452 g/mol. The fourth-order valence-electron chi connectivity index (χ4n) is 2.45. The maximum atomic E-state index is 13.7. The first kappa shape index (κ1) is 20.0. The number of carbonyl (C=O) groups is 1. The largest absolute Gasteiger partial charge is 0.486 e. The molecule has 3 aromatic rings. The average Bonchev–Trinajstić information content (AvgIpc) is 3.13. The van der Waals surface area contributed by atoms with E-state index in [1.807, 2.05) is 12.1 Å². The van der Waals surface area contributed by atoms with E-state index >= 15 is 0 Å². The van der Waals surface area contributed by atoms with E-state index in [4.69, 9.17) is 9.15 Å². The Balaban J connectivity index is 1.53. The Labute approximate surface area is 168 Å². The second-order valence-electron chi connectivity index (χ2n) is 5.90. The van der Waals surface area contributed by atoms with Gasteiger partial charge < -0.3 is 19.6 Å². The summed E-state index contributed by atoms with van der Waals surface area (Å²) in [4.78, 5) is 12.1. The molecule has 2 aromatic carbocycles. The number of hydrogen-bond donors (Lipinski definition) is 2. The van der Waals surface area contributed by atoms with Crippen molar-refractivity contribution in [1.82, 2.24) is 5.32 Å². The third-order valence-corrected chi connectivity index (χ3v) is 4.33. The normalized spacial score (nSPS) is 11.9. The van der Waals surface area contributed by atoms with Crippen molar-refractivity contribution in [2.45, 2.75) is 12.7 Å². The third-order valence-electron chi connectivity index (χ3n) is 3.84. The van der Waals surface area contributed by atoms with Gasteiger partial charge in [0.1, 0.15) is 29.8 Å². The molecule has 0 aliphatic rings. The van der Waals surface area contributed by atoms with Gasteiger partial charge in [-0.15, -0.1) is 0 Å². The molecular formula is C20H16BrF2NO4. The zero-order chi connectivity index (χ0) is 20.1. The first-order valence-corrected chi connectivity index (χ1v) is 9.10. The van der Waals surface area contributed by atoms with Gasteiger partial charge in [0, 0.05) is 22.6 Å². The van der Waals surface area contributed by atoms with Gasteiger partial charge in [-0.1, -0.05) is 28.1 Å². The van der Waals surface area contributed by atoms with Gasteiger partial charge in [-0.05, 0) is 36.4 Å². The number of rotatable bonds is 7. The van der Waals surface area contributed by atoms with Crippen LogP contribution in [0.3, 0.4) is 0 Å². The summed E-state index contributed by atoms with van der Waals surface area (Å²) < 4.78 is 38.4. The van der Waals surface area contributed by atoms with Gasteiger partial charge in [-0.25, -0.2) is 8.78 Å². The van der Waals surface area contributed by atoms with E-state index in [0.717, 1.165) is 16.6 Å². The highest BCUT2D eigenvalue weighted by atomic mass is 79.9. The van der Waals surface area contributed by atoms with Crippen molar-refractivity contribution in [3.8, 4) is 5.75 Å². The van der Waals surface area contributed by atoms with Gasteiger partial charge in [0.25, 0.3) is 5.91 Å². The lowest BCUT2D eigenvalue weighted by Gasteiger charge is -2.12. The van der Waals surface area contributed by atoms with Crippen LogP contribution in [0.15, 0.2) is 63.5 Å². The van der Waals surface area contributed by atoms with Crippen molar-refractivity contribution in [2.75, 3.05) is 6.54 Å². The first-order valence-electron chi connectivity index (χ1n) is 8.30. The number of nitrogens with one attached hydrogen (secondary N) is 1. The third kappa shape index (κ3) is 5.17. The lowest BCUT2D eigenvalue weighted by molar-refractivity contribution is 0.0883. The van der Waals surface area contributed by atoms with Gasteiger partial charge in [-0.3, -0.25) is 4.79 Å². The fourth-order valence-corrected chi connectivity index (χ4v) is 2.83. The fraction of sp³-hybridized carbons (Fsp3) is 0.150. The summed E-state index contributed by atoms with van der Waals surface area (Å²) in [7, 11) is 0. The Kier molecular flexibility index (Phi) is 6.43. The minimum absolute atomic E-state index is 0.0274. The summed E-state index contributed by atoms with van der Waals surface area (Å²) in [6.45, 7) is -0.126. The van der Waals surface area contributed by atoms with Crippen molar-refractivity contribution < 1.29 is 27.8 Å². The zero-order valence-corrected chi connectivity index (χ0v) is 16.1. The molecular weight excluding hydrogens is 436 g/mol. The number of aliphatic hydroxyl groups excluding tert-OH is 1. The number of ether oxygens (including phenoxy) is 1. The van der Waals surface area contributed by atoms with E-state index in [9.17, 15) is 18.7 Å². The topological polar surface area (TPSA) is 71.7 Å². The molecule has 0 saturated carbocycles. The molecule has 0 fully saturated rings.